The summed E-state index contributed by atoms with van der Waals surface area (Å²) in [5, 5.41) is 43.4. The van der Waals surface area contributed by atoms with Crippen molar-refractivity contribution in [3.05, 3.63) is 93.2 Å². The molecule has 3 fully saturated rings. The number of aliphatic hydroxyl groups is 3. The molecule has 1 saturated carbocycles. The predicted molar refractivity (Wildman–Crippen MR) is 328 cm³/mol. The molecule has 20 nitrogen and oxygen atoms in total. The number of nitrogens with two attached hydrogens (primary N) is 1. The zero-order valence-electron chi connectivity index (χ0n) is 52.7. The van der Waals surface area contributed by atoms with Crippen LogP contribution in [0.1, 0.15) is 161 Å². The standard InChI is InChI=1S/C51H79NO13.C16H14N2O4/c1-30-16-12-11-13-17-31(2)42(61-8)28-38-21-19-36(7)51(60,65-38)48(57)49(58)52-23-15-14-18-39(52)50(59)64-43(33(4)26-37-20-22-40(53)44(27-37)62-9)29-41(54)32(3)25-35(6)46(56)47(63-10)45(55)34(5)24-30;1-7(2)8-3-4-12-9(5-8)13(19)10-6-11(16(20)21)14(17)18-15(10)22-12/h11-13,16-17,25,30,32-34,36-40,42-44,46-47,53,56,60H,14-15,18-24,26-29H2,1-10H3;3-7H,1-2H3,(H2,17,18)(H,20,21)/b13-11?,16-12+,31-17?,35-25+;/t30-,32-,33-,34-,36-,37+,38+,39+,40-,42+,43+,44-,46-,47+,51-;/m1./s1. The van der Waals surface area contributed by atoms with E-state index in [4.69, 9.17) is 38.9 Å². The molecule has 4 aliphatic rings. The number of nitrogens with zero attached hydrogens (tertiary/aromatic N) is 2. The van der Waals surface area contributed by atoms with Crippen LogP contribution in [0.2, 0.25) is 0 Å². The molecule has 0 spiro atoms. The van der Waals surface area contributed by atoms with Crippen molar-refractivity contribution in [2.45, 2.75) is 200 Å². The number of cyclic esters (lactones) is 1. The number of nitrogen functional groups attached to an aromatic ring is 1. The van der Waals surface area contributed by atoms with Crippen molar-refractivity contribution in [2.24, 2.45) is 35.5 Å². The summed E-state index contributed by atoms with van der Waals surface area (Å²) in [6, 6.07) is 5.44. The van der Waals surface area contributed by atoms with Gasteiger partial charge in [0.05, 0.1) is 35.2 Å². The number of methoxy groups -OCH3 is 3. The number of fused-ring (bicyclic) bond motifs is 5. The molecular weight excluding hydrogens is 1120 g/mol. The molecule has 0 radical (unpaired) electrons. The van der Waals surface area contributed by atoms with Crippen LogP contribution in [0.15, 0.2) is 81.1 Å². The number of amides is 1. The van der Waals surface area contributed by atoms with E-state index >= 15 is 0 Å². The minimum atomic E-state index is -2.43. The number of rotatable bonds is 8. The van der Waals surface area contributed by atoms with E-state index in [1.165, 1.54) is 18.1 Å². The second kappa shape index (κ2) is 31.3. The average molecular weight is 1210 g/mol. The number of carbonyl (C=O) groups is 6. The number of carboxylic acids is 1. The van der Waals surface area contributed by atoms with Gasteiger partial charge in [0.25, 0.3) is 11.7 Å². The summed E-state index contributed by atoms with van der Waals surface area (Å²) >= 11 is 0. The van der Waals surface area contributed by atoms with Gasteiger partial charge >= 0.3 is 11.9 Å². The van der Waals surface area contributed by atoms with Crippen molar-refractivity contribution < 1.29 is 77.3 Å². The van der Waals surface area contributed by atoms with E-state index in [-0.39, 0.29) is 88.6 Å². The number of esters is 1. The summed E-state index contributed by atoms with van der Waals surface area (Å²) in [5.74, 6) is -9.11. The van der Waals surface area contributed by atoms with Crippen molar-refractivity contribution in [1.29, 1.82) is 0 Å². The largest absolute Gasteiger partial charge is 0.478 e. The van der Waals surface area contributed by atoms with Gasteiger partial charge in [-0.15, -0.1) is 0 Å². The molecule has 1 aromatic carbocycles. The monoisotopic (exact) mass is 1210 g/mol. The number of anilines is 1. The molecule has 15 atom stereocenters. The van der Waals surface area contributed by atoms with E-state index in [1.54, 1.807) is 53.2 Å². The second-order valence-electron chi connectivity index (χ2n) is 25.0. The van der Waals surface area contributed by atoms with Gasteiger partial charge in [-0.1, -0.05) is 91.0 Å². The highest BCUT2D eigenvalue weighted by Crippen LogP contribution is 2.38. The van der Waals surface area contributed by atoms with Crippen LogP contribution in [0.3, 0.4) is 0 Å². The molecule has 1 amide bonds. The molecule has 0 unspecified atom stereocenters. The molecule has 20 heteroatoms. The minimum absolute atomic E-state index is 0.0193. The van der Waals surface area contributed by atoms with E-state index in [9.17, 15) is 48.9 Å². The summed E-state index contributed by atoms with van der Waals surface area (Å²) in [6.07, 6.45) is 11.2. The first-order valence-electron chi connectivity index (χ1n) is 30.7. The topological polar surface area (TPSA) is 302 Å². The van der Waals surface area contributed by atoms with Gasteiger partial charge in [-0.25, -0.2) is 9.59 Å². The zero-order valence-corrected chi connectivity index (χ0v) is 52.7. The smallest absolute Gasteiger partial charge is 0.339 e. The Hall–Kier alpha value is -6.26. The fraction of sp³-hybridized carbons (Fsp3) is 0.612. The van der Waals surface area contributed by atoms with Gasteiger partial charge in [0.1, 0.15) is 47.1 Å². The third-order valence-corrected chi connectivity index (χ3v) is 18.1. The molecule has 5 heterocycles. The Morgan fingerprint density at radius 2 is 1.57 bits per heavy atom. The van der Waals surface area contributed by atoms with E-state index in [2.05, 4.69) is 4.98 Å². The van der Waals surface area contributed by atoms with Crippen molar-refractivity contribution in [3.63, 3.8) is 0 Å². The van der Waals surface area contributed by atoms with Gasteiger partial charge < -0.3 is 59.2 Å². The highest BCUT2D eigenvalue weighted by atomic mass is 16.6. The summed E-state index contributed by atoms with van der Waals surface area (Å²) in [7, 11) is 4.52. The van der Waals surface area contributed by atoms with Crippen LogP contribution in [0.5, 0.6) is 0 Å². The number of carboxylic acid groups (broad SMARTS) is 1. The number of piperidine rings is 1. The molecule has 2 aromatic heterocycles. The Labute approximate surface area is 510 Å². The highest BCUT2D eigenvalue weighted by Gasteiger charge is 2.53. The maximum absolute atomic E-state index is 14.4. The quantitative estimate of drug-likeness (QED) is 0.0608. The first kappa shape index (κ1) is 69.8. The van der Waals surface area contributed by atoms with Gasteiger partial charge in [-0.2, -0.15) is 4.98 Å². The SMILES string of the molecule is CC(C)c1ccc2oc3nc(N)c(C(=O)O)cc3c(=O)c2c1.CO[C@H]1C[C@@H]2CC[C@@H](C)[C@@](O)(O2)C(=O)C(=O)N2CCCC[C@H]2C(=O)O[C@H]([C@H](C)C[C@@H]2CC[C@@H](O)[C@H](OC)C2)CC(=O)[C@H](C)/C=C(\C)[C@@H](O)[C@@H](OC)C(=O)[C@H](C)C[C@H](C)/C=C/C=CC=C1C. The fourth-order valence-electron chi connectivity index (χ4n) is 12.5. The second-order valence-corrected chi connectivity index (χ2v) is 25.0. The summed E-state index contributed by atoms with van der Waals surface area (Å²) < 4.78 is 35.0. The van der Waals surface area contributed by atoms with Crippen LogP contribution < -0.4 is 11.2 Å². The molecule has 3 aromatic rings. The molecule has 1 aliphatic carbocycles. The third kappa shape index (κ3) is 17.3. The Kier molecular flexibility index (Phi) is 25.1. The summed E-state index contributed by atoms with van der Waals surface area (Å²) in [5.41, 5.74) is 7.78. The van der Waals surface area contributed by atoms with Crippen LogP contribution in [0, 0.1) is 35.5 Å². The van der Waals surface area contributed by atoms with Crippen LogP contribution in [0.4, 0.5) is 5.82 Å². The Morgan fingerprint density at radius 1 is 0.851 bits per heavy atom. The fourth-order valence-corrected chi connectivity index (χ4v) is 12.5. The number of carbonyl (C=O) groups excluding carboxylic acids is 5. The lowest BCUT2D eigenvalue weighted by molar-refractivity contribution is -0.265. The molecule has 3 aliphatic heterocycles. The number of ether oxygens (including phenoxy) is 5. The zero-order chi connectivity index (χ0) is 64.2. The lowest BCUT2D eigenvalue weighted by atomic mass is 9.78. The van der Waals surface area contributed by atoms with Gasteiger partial charge in [0, 0.05) is 58.5 Å². The van der Waals surface area contributed by atoms with Crippen molar-refractivity contribution in [1.82, 2.24) is 9.88 Å². The van der Waals surface area contributed by atoms with Crippen LogP contribution in [0.25, 0.3) is 22.1 Å². The van der Waals surface area contributed by atoms with E-state index < -0.39 is 89.8 Å². The van der Waals surface area contributed by atoms with E-state index in [0.717, 1.165) is 17.6 Å². The normalized spacial score (nSPS) is 32.1. The molecule has 6 N–H and O–H groups in total. The Bertz CT molecular complexity index is 3130. The van der Waals surface area contributed by atoms with Gasteiger partial charge in [-0.05, 0) is 137 Å². The lowest BCUT2D eigenvalue weighted by Crippen LogP contribution is -2.61. The molecular formula is C67H93N3O17. The summed E-state index contributed by atoms with van der Waals surface area (Å²) in [4.78, 5) is 99.4. The molecule has 478 valence electrons. The maximum atomic E-state index is 14.4. The average Bonchev–Trinajstić information content (AvgIpc) is 0.901. The number of hydrogen-bond acceptors (Lipinski definition) is 18. The number of aromatic nitrogens is 1. The molecule has 87 heavy (non-hydrogen) atoms. The Balaban J connectivity index is 0.000000455. The highest BCUT2D eigenvalue weighted by molar-refractivity contribution is 6.39. The van der Waals surface area contributed by atoms with Gasteiger partial charge in [0.15, 0.2) is 5.78 Å². The Morgan fingerprint density at radius 3 is 2.24 bits per heavy atom. The number of pyridine rings is 1. The van der Waals surface area contributed by atoms with Crippen molar-refractivity contribution in [2.75, 3.05) is 33.6 Å². The first-order chi connectivity index (χ1) is 41.1. The van der Waals surface area contributed by atoms with E-state index in [0.29, 0.717) is 74.3 Å². The van der Waals surface area contributed by atoms with Crippen LogP contribution >= 0.6 is 0 Å². The summed E-state index contributed by atoms with van der Waals surface area (Å²) in [6.45, 7) is 16.8. The molecule has 2 saturated heterocycles. The number of aromatic carboxylic acids is 1. The predicted octanol–water partition coefficient (Wildman–Crippen LogP) is 8.93. The number of allylic oxidation sites excluding steroid dienone is 6. The number of Topliss-reactive ketones (excluding diaryl/α,β-unsaturated/α-hetero) is 3. The van der Waals surface area contributed by atoms with Gasteiger partial charge in [0.2, 0.25) is 16.9 Å². The van der Waals surface area contributed by atoms with E-state index in [1.807, 2.05) is 78.0 Å². The molecule has 2 bridgehead atoms. The lowest BCUT2D eigenvalue weighted by Gasteiger charge is -2.42. The number of aliphatic hydroxyl groups excluding tert-OH is 2. The molecule has 7 rings (SSSR count). The van der Waals surface area contributed by atoms with Crippen LogP contribution in [-0.4, -0.2) is 148 Å². The van der Waals surface area contributed by atoms with Crippen LogP contribution in [-0.2, 0) is 47.7 Å². The number of ketones is 3. The number of hydrogen-bond donors (Lipinski definition) is 5. The van der Waals surface area contributed by atoms with Crippen molar-refractivity contribution >= 4 is 63.1 Å². The minimum Gasteiger partial charge on any atom is -0.478 e. The third-order valence-electron chi connectivity index (χ3n) is 18.1. The van der Waals surface area contributed by atoms with Gasteiger partial charge in [-0.3, -0.25) is 24.0 Å². The maximum Gasteiger partial charge on any atom is 0.339 e. The number of benzene rings is 1. The first-order valence-corrected chi connectivity index (χ1v) is 30.7. The van der Waals surface area contributed by atoms with Crippen molar-refractivity contribution in [3.8, 4) is 0 Å².